The molecule has 112 valence electrons. The van der Waals surface area contributed by atoms with Crippen molar-refractivity contribution >= 4 is 12.1 Å². The van der Waals surface area contributed by atoms with Crippen molar-refractivity contribution in [3.8, 4) is 0 Å². The first-order valence-electron chi connectivity index (χ1n) is 7.07. The summed E-state index contributed by atoms with van der Waals surface area (Å²) >= 11 is 0. The number of rotatable bonds is 3. The number of nitrogens with one attached hydrogen (secondary N) is 2. The molecule has 1 rings (SSSR count). The minimum Gasteiger partial charge on any atom is -0.404 e. The number of aliphatic imine (C=N–C) groups is 1. The van der Waals surface area contributed by atoms with E-state index in [-0.39, 0.29) is 18.1 Å². The molecule has 4 unspecified atom stereocenters. The predicted molar refractivity (Wildman–Crippen MR) is 86.4 cm³/mol. The lowest BCUT2D eigenvalue weighted by Gasteiger charge is -2.49. The third-order valence-corrected chi connectivity index (χ3v) is 4.05. The molecule has 1 heterocycles. The first-order valence-corrected chi connectivity index (χ1v) is 7.07. The number of nitrogens with two attached hydrogens (primary N) is 1. The molecule has 0 aromatic heterocycles. The highest BCUT2D eigenvalue weighted by Gasteiger charge is 2.38. The largest absolute Gasteiger partial charge is 0.404 e. The lowest BCUT2D eigenvalue weighted by Crippen LogP contribution is -2.66. The van der Waals surface area contributed by atoms with Crippen LogP contribution in [0.3, 0.4) is 0 Å². The van der Waals surface area contributed by atoms with Crippen LogP contribution in [0.2, 0.25) is 0 Å². The molecule has 1 aliphatic heterocycles. The molecule has 0 aromatic rings. The molecular formula is C15H27N5. The van der Waals surface area contributed by atoms with Gasteiger partial charge < -0.3 is 21.4 Å². The summed E-state index contributed by atoms with van der Waals surface area (Å²) in [6.07, 6.45) is 6.87. The van der Waals surface area contributed by atoms with Gasteiger partial charge in [0.05, 0.1) is 6.04 Å². The van der Waals surface area contributed by atoms with Crippen molar-refractivity contribution in [3.05, 3.63) is 23.9 Å². The molecule has 5 heteroatoms. The predicted octanol–water partition coefficient (Wildman–Crippen LogP) is 1.52. The van der Waals surface area contributed by atoms with E-state index >= 15 is 0 Å². The van der Waals surface area contributed by atoms with Crippen molar-refractivity contribution in [2.24, 2.45) is 10.7 Å². The molecule has 4 N–H and O–H groups in total. The minimum absolute atomic E-state index is 0.0331. The first-order chi connectivity index (χ1) is 9.51. The summed E-state index contributed by atoms with van der Waals surface area (Å²) < 4.78 is 0. The van der Waals surface area contributed by atoms with Gasteiger partial charge in [-0.25, -0.2) is 0 Å². The average Bonchev–Trinajstić information content (AvgIpc) is 2.44. The van der Waals surface area contributed by atoms with Crippen LogP contribution in [0.1, 0.15) is 27.7 Å². The number of hydrogen-bond acceptors (Lipinski definition) is 4. The quantitative estimate of drug-likeness (QED) is 0.541. The fourth-order valence-corrected chi connectivity index (χ4v) is 2.79. The van der Waals surface area contributed by atoms with Crippen molar-refractivity contribution < 1.29 is 0 Å². The van der Waals surface area contributed by atoms with Crippen molar-refractivity contribution in [1.29, 1.82) is 5.41 Å². The van der Waals surface area contributed by atoms with Crippen molar-refractivity contribution in [2.75, 3.05) is 7.05 Å². The zero-order chi connectivity index (χ0) is 15.3. The van der Waals surface area contributed by atoms with Gasteiger partial charge in [0.15, 0.2) is 0 Å². The highest BCUT2D eigenvalue weighted by molar-refractivity contribution is 5.93. The van der Waals surface area contributed by atoms with Crippen LogP contribution < -0.4 is 11.1 Å². The normalized spacial score (nSPS) is 32.8. The van der Waals surface area contributed by atoms with Gasteiger partial charge in [0.1, 0.15) is 5.84 Å². The van der Waals surface area contributed by atoms with Gasteiger partial charge >= 0.3 is 0 Å². The van der Waals surface area contributed by atoms with Gasteiger partial charge in [-0.2, -0.15) is 0 Å². The van der Waals surface area contributed by atoms with Gasteiger partial charge in [-0.05, 0) is 33.8 Å². The topological polar surface area (TPSA) is 77.5 Å². The van der Waals surface area contributed by atoms with Gasteiger partial charge in [-0.1, -0.05) is 6.08 Å². The molecule has 1 fully saturated rings. The van der Waals surface area contributed by atoms with Crippen LogP contribution in [0.15, 0.2) is 28.9 Å². The van der Waals surface area contributed by atoms with Crippen LogP contribution in [-0.2, 0) is 0 Å². The number of hydrogen-bond donors (Lipinski definition) is 3. The molecule has 5 nitrogen and oxygen atoms in total. The van der Waals surface area contributed by atoms with E-state index in [4.69, 9.17) is 11.1 Å². The Labute approximate surface area is 122 Å². The van der Waals surface area contributed by atoms with E-state index in [1.165, 1.54) is 12.4 Å². The Hall–Kier alpha value is -1.62. The number of nitrogens with zero attached hydrogens (tertiary/aromatic N) is 2. The Bertz CT molecular complexity index is 424. The smallest absolute Gasteiger partial charge is 0.123 e. The summed E-state index contributed by atoms with van der Waals surface area (Å²) in [6, 6.07) is 0.812. The number of piperazine rings is 1. The monoisotopic (exact) mass is 277 g/mol. The van der Waals surface area contributed by atoms with Gasteiger partial charge in [0, 0.05) is 43.2 Å². The molecule has 0 spiro atoms. The SMILES string of the molecule is C/C=C\C(=NC)N1C(C)C(C)NC(/C(C=N)=C/N)C1C. The number of allylic oxidation sites excluding steroid dienone is 1. The summed E-state index contributed by atoms with van der Waals surface area (Å²) in [5, 5.41) is 11.1. The molecule has 0 radical (unpaired) electrons. The highest BCUT2D eigenvalue weighted by Crippen LogP contribution is 2.23. The fourth-order valence-electron chi connectivity index (χ4n) is 2.79. The van der Waals surface area contributed by atoms with Gasteiger partial charge in [-0.15, -0.1) is 0 Å². The van der Waals surface area contributed by atoms with Crippen LogP contribution in [0.4, 0.5) is 0 Å². The maximum Gasteiger partial charge on any atom is 0.123 e. The molecule has 0 bridgehead atoms. The second-order valence-electron chi connectivity index (χ2n) is 5.21. The standard InChI is InChI=1S/C15H27N5/c1-6-7-14(18-5)20-11(3)10(2)19-15(12(20)4)13(8-16)9-17/h6-12,15-16,19H,17H2,1-5H3/b7-6-,13-9+,16-8?,18-14?. The molecular weight excluding hydrogens is 250 g/mol. The second-order valence-corrected chi connectivity index (χ2v) is 5.21. The van der Waals surface area contributed by atoms with Crippen LogP contribution in [0.5, 0.6) is 0 Å². The van der Waals surface area contributed by atoms with Crippen LogP contribution >= 0.6 is 0 Å². The van der Waals surface area contributed by atoms with E-state index in [0.29, 0.717) is 6.04 Å². The van der Waals surface area contributed by atoms with Crippen LogP contribution in [-0.4, -0.2) is 48.2 Å². The number of amidine groups is 1. The summed E-state index contributed by atoms with van der Waals surface area (Å²) in [7, 11) is 1.81. The summed E-state index contributed by atoms with van der Waals surface area (Å²) in [5.74, 6) is 0.965. The van der Waals surface area contributed by atoms with E-state index in [1.54, 1.807) is 0 Å². The lowest BCUT2D eigenvalue weighted by molar-refractivity contribution is 0.138. The Balaban J connectivity index is 3.17. The summed E-state index contributed by atoms with van der Waals surface area (Å²) in [6.45, 7) is 8.47. The molecule has 0 aliphatic carbocycles. The highest BCUT2D eigenvalue weighted by atomic mass is 15.3. The summed E-state index contributed by atoms with van der Waals surface area (Å²) in [4.78, 5) is 6.71. The van der Waals surface area contributed by atoms with Gasteiger partial charge in [-0.3, -0.25) is 4.99 Å². The zero-order valence-electron chi connectivity index (χ0n) is 13.1. The average molecular weight is 277 g/mol. The Morgan fingerprint density at radius 2 is 1.95 bits per heavy atom. The zero-order valence-corrected chi connectivity index (χ0v) is 13.1. The lowest BCUT2D eigenvalue weighted by atomic mass is 9.91. The van der Waals surface area contributed by atoms with Crippen LogP contribution in [0, 0.1) is 5.41 Å². The van der Waals surface area contributed by atoms with Crippen LogP contribution in [0.25, 0.3) is 0 Å². The molecule has 1 aliphatic rings. The molecule has 0 aromatic carbocycles. The molecule has 20 heavy (non-hydrogen) atoms. The van der Waals surface area contributed by atoms with Crippen molar-refractivity contribution in [3.63, 3.8) is 0 Å². The van der Waals surface area contributed by atoms with Gasteiger partial charge in [0.2, 0.25) is 0 Å². The Morgan fingerprint density at radius 1 is 1.30 bits per heavy atom. The third kappa shape index (κ3) is 3.10. The molecule has 0 saturated carbocycles. The van der Waals surface area contributed by atoms with E-state index in [2.05, 4.69) is 36.0 Å². The molecule has 1 saturated heterocycles. The summed E-state index contributed by atoms with van der Waals surface area (Å²) in [5.41, 5.74) is 6.46. The van der Waals surface area contributed by atoms with E-state index in [9.17, 15) is 0 Å². The Morgan fingerprint density at radius 3 is 2.40 bits per heavy atom. The molecule has 0 amide bonds. The van der Waals surface area contributed by atoms with Crippen molar-refractivity contribution in [2.45, 2.75) is 51.9 Å². The van der Waals surface area contributed by atoms with Crippen molar-refractivity contribution in [1.82, 2.24) is 10.2 Å². The van der Waals surface area contributed by atoms with Gasteiger partial charge in [0.25, 0.3) is 0 Å². The van der Waals surface area contributed by atoms with E-state index in [0.717, 1.165) is 11.4 Å². The molecule has 4 atom stereocenters. The van der Waals surface area contributed by atoms with E-state index < -0.39 is 0 Å². The fraction of sp³-hybridized carbons (Fsp3) is 0.600. The third-order valence-electron chi connectivity index (χ3n) is 4.05. The maximum absolute atomic E-state index is 7.53. The minimum atomic E-state index is 0.0331. The Kier molecular flexibility index (Phi) is 5.95. The van der Waals surface area contributed by atoms with E-state index in [1.807, 2.05) is 26.1 Å². The maximum atomic E-state index is 7.53. The second kappa shape index (κ2) is 7.24. The first kappa shape index (κ1) is 16.4.